The number of nitrogens with zero attached hydrogens (tertiary/aromatic N) is 3. The van der Waals surface area contributed by atoms with Crippen molar-refractivity contribution in [2.75, 3.05) is 5.32 Å². The van der Waals surface area contributed by atoms with Gasteiger partial charge in [-0.25, -0.2) is 0 Å². The zero-order chi connectivity index (χ0) is 13.7. The third-order valence-corrected chi connectivity index (χ3v) is 2.94. The summed E-state index contributed by atoms with van der Waals surface area (Å²) in [5.74, 6) is 0. The summed E-state index contributed by atoms with van der Waals surface area (Å²) in [7, 11) is 0. The number of nitro groups is 1. The lowest BCUT2D eigenvalue weighted by atomic mass is 10.2. The Kier molecular flexibility index (Phi) is 4.63. The zero-order valence-corrected chi connectivity index (χ0v) is 11.4. The highest BCUT2D eigenvalue weighted by atomic mass is 127. The molecule has 90 valence electrons. The molecule has 0 aliphatic carbocycles. The number of nitrogens with one attached hydrogen (secondary N) is 1. The molecule has 18 heavy (non-hydrogen) atoms. The molecule has 0 aromatic heterocycles. The molecule has 1 aromatic rings. The lowest BCUT2D eigenvalue weighted by Crippen LogP contribution is -1.98. The van der Waals surface area contributed by atoms with Crippen molar-refractivity contribution in [2.45, 2.75) is 6.92 Å². The molecule has 0 saturated carbocycles. The van der Waals surface area contributed by atoms with Crippen LogP contribution in [-0.4, -0.2) is 4.92 Å². The van der Waals surface area contributed by atoms with E-state index in [0.29, 0.717) is 14.8 Å². The van der Waals surface area contributed by atoms with Gasteiger partial charge in [-0.15, -0.1) is 0 Å². The number of benzene rings is 1. The van der Waals surface area contributed by atoms with Crippen LogP contribution < -0.4 is 5.32 Å². The van der Waals surface area contributed by atoms with E-state index in [1.807, 2.05) is 22.6 Å². The molecule has 0 spiro atoms. The van der Waals surface area contributed by atoms with Crippen molar-refractivity contribution in [1.82, 2.24) is 0 Å². The average Bonchev–Trinajstić information content (AvgIpc) is 2.32. The molecular weight excluding hydrogens is 347 g/mol. The molecular formula is C11H7IN4O2. The molecule has 0 radical (unpaired) electrons. The molecule has 1 rings (SSSR count). The number of hydrogen-bond acceptors (Lipinski definition) is 5. The second kappa shape index (κ2) is 5.98. The first kappa shape index (κ1) is 13.9. The third-order valence-electron chi connectivity index (χ3n) is 2.08. The standard InChI is InChI=1S/C11H7IN4O2/c1-7-2-9(16(17)18)3-10(12)11(7)15-6-8(4-13)5-14/h2-3,6,15H,1H3. The van der Waals surface area contributed by atoms with Crippen LogP contribution in [0.3, 0.4) is 0 Å². The Balaban J connectivity index is 3.14. The van der Waals surface area contributed by atoms with Gasteiger partial charge in [0, 0.05) is 21.9 Å². The molecule has 0 aliphatic heterocycles. The van der Waals surface area contributed by atoms with Crippen LogP contribution in [-0.2, 0) is 0 Å². The molecule has 0 amide bonds. The predicted octanol–water partition coefficient (Wildman–Crippen LogP) is 2.85. The van der Waals surface area contributed by atoms with E-state index >= 15 is 0 Å². The van der Waals surface area contributed by atoms with Gasteiger partial charge in [0.1, 0.15) is 17.7 Å². The van der Waals surface area contributed by atoms with Gasteiger partial charge in [0.15, 0.2) is 0 Å². The van der Waals surface area contributed by atoms with Crippen molar-refractivity contribution in [3.63, 3.8) is 0 Å². The Labute approximate surface area is 117 Å². The zero-order valence-electron chi connectivity index (χ0n) is 9.27. The first-order valence-corrected chi connectivity index (χ1v) is 5.79. The van der Waals surface area contributed by atoms with E-state index in [9.17, 15) is 10.1 Å². The summed E-state index contributed by atoms with van der Waals surface area (Å²) in [4.78, 5) is 10.2. The molecule has 6 nitrogen and oxygen atoms in total. The van der Waals surface area contributed by atoms with E-state index in [4.69, 9.17) is 10.5 Å². The first-order valence-electron chi connectivity index (χ1n) is 4.71. The molecule has 0 unspecified atom stereocenters. The van der Waals surface area contributed by atoms with E-state index in [1.54, 1.807) is 19.1 Å². The van der Waals surface area contributed by atoms with Crippen molar-refractivity contribution < 1.29 is 4.92 Å². The fraction of sp³-hybridized carbons (Fsp3) is 0.0909. The number of rotatable bonds is 3. The molecule has 0 atom stereocenters. The SMILES string of the molecule is Cc1cc([N+](=O)[O-])cc(I)c1NC=C(C#N)C#N. The minimum atomic E-state index is -0.467. The van der Waals surface area contributed by atoms with Crippen LogP contribution in [0.25, 0.3) is 0 Å². The minimum Gasteiger partial charge on any atom is -0.359 e. The number of anilines is 1. The molecule has 1 aromatic carbocycles. The van der Waals surface area contributed by atoms with Gasteiger partial charge in [-0.1, -0.05) is 0 Å². The van der Waals surface area contributed by atoms with E-state index in [0.717, 1.165) is 0 Å². The summed E-state index contributed by atoms with van der Waals surface area (Å²) < 4.78 is 0.644. The topological polar surface area (TPSA) is 103 Å². The molecule has 0 saturated heterocycles. The van der Waals surface area contributed by atoms with Crippen LogP contribution in [0.1, 0.15) is 5.56 Å². The summed E-state index contributed by atoms with van der Waals surface area (Å²) in [5.41, 5.74) is 1.25. The Bertz CT molecular complexity index is 571. The summed E-state index contributed by atoms with van der Waals surface area (Å²) in [6, 6.07) is 6.28. The van der Waals surface area contributed by atoms with Gasteiger partial charge in [0.05, 0.1) is 10.6 Å². The fourth-order valence-electron chi connectivity index (χ4n) is 1.25. The van der Waals surface area contributed by atoms with Gasteiger partial charge in [-0.3, -0.25) is 10.1 Å². The summed E-state index contributed by atoms with van der Waals surface area (Å²) >= 11 is 1.95. The molecule has 0 bridgehead atoms. The highest BCUT2D eigenvalue weighted by Crippen LogP contribution is 2.28. The number of aryl methyl sites for hydroxylation is 1. The molecule has 7 heteroatoms. The monoisotopic (exact) mass is 354 g/mol. The lowest BCUT2D eigenvalue weighted by molar-refractivity contribution is -0.385. The fourth-order valence-corrected chi connectivity index (χ4v) is 2.15. The van der Waals surface area contributed by atoms with Crippen molar-refractivity contribution in [1.29, 1.82) is 10.5 Å². The highest BCUT2D eigenvalue weighted by molar-refractivity contribution is 14.1. The van der Waals surface area contributed by atoms with Crippen LogP contribution >= 0.6 is 22.6 Å². The largest absolute Gasteiger partial charge is 0.359 e. The minimum absolute atomic E-state index is 0.00668. The predicted molar refractivity (Wildman–Crippen MR) is 73.5 cm³/mol. The van der Waals surface area contributed by atoms with Crippen molar-refractivity contribution in [3.05, 3.63) is 43.2 Å². The maximum atomic E-state index is 10.7. The van der Waals surface area contributed by atoms with Crippen LogP contribution in [0.15, 0.2) is 23.9 Å². The summed E-state index contributed by atoms with van der Waals surface area (Å²) in [6.07, 6.45) is 1.27. The van der Waals surface area contributed by atoms with Crippen molar-refractivity contribution in [3.8, 4) is 12.1 Å². The Morgan fingerprint density at radius 1 is 1.50 bits per heavy atom. The van der Waals surface area contributed by atoms with E-state index in [-0.39, 0.29) is 11.3 Å². The number of nitriles is 2. The Morgan fingerprint density at radius 3 is 2.56 bits per heavy atom. The normalized spacial score (nSPS) is 8.89. The van der Waals surface area contributed by atoms with Gasteiger partial charge in [0.2, 0.25) is 0 Å². The quantitative estimate of drug-likeness (QED) is 0.389. The number of hydrogen-bond donors (Lipinski definition) is 1. The molecule has 1 N–H and O–H groups in total. The van der Waals surface area contributed by atoms with Gasteiger partial charge in [-0.2, -0.15) is 10.5 Å². The summed E-state index contributed by atoms with van der Waals surface area (Å²) in [5, 5.41) is 30.6. The number of nitro benzene ring substituents is 1. The van der Waals surface area contributed by atoms with Gasteiger partial charge in [0.25, 0.3) is 5.69 Å². The maximum Gasteiger partial charge on any atom is 0.270 e. The van der Waals surface area contributed by atoms with E-state index in [1.165, 1.54) is 18.3 Å². The van der Waals surface area contributed by atoms with E-state index in [2.05, 4.69) is 5.32 Å². The second-order valence-corrected chi connectivity index (χ2v) is 4.46. The third kappa shape index (κ3) is 3.18. The number of non-ortho nitro benzene ring substituents is 1. The van der Waals surface area contributed by atoms with Gasteiger partial charge in [-0.05, 0) is 35.1 Å². The Hall–Kier alpha value is -2.13. The average molecular weight is 354 g/mol. The smallest absolute Gasteiger partial charge is 0.270 e. The maximum absolute atomic E-state index is 10.7. The number of halogens is 1. The van der Waals surface area contributed by atoms with Crippen LogP contribution in [0.5, 0.6) is 0 Å². The lowest BCUT2D eigenvalue weighted by Gasteiger charge is -2.08. The van der Waals surface area contributed by atoms with Gasteiger partial charge < -0.3 is 5.32 Å². The summed E-state index contributed by atoms with van der Waals surface area (Å²) in [6.45, 7) is 1.71. The van der Waals surface area contributed by atoms with Gasteiger partial charge >= 0.3 is 0 Å². The van der Waals surface area contributed by atoms with Crippen LogP contribution in [0, 0.1) is 43.3 Å². The first-order chi connectivity index (χ1) is 8.49. The molecule has 0 heterocycles. The van der Waals surface area contributed by atoms with Crippen LogP contribution in [0.4, 0.5) is 11.4 Å². The van der Waals surface area contributed by atoms with Crippen molar-refractivity contribution in [2.24, 2.45) is 0 Å². The molecule has 0 aliphatic rings. The van der Waals surface area contributed by atoms with E-state index < -0.39 is 4.92 Å². The number of allylic oxidation sites excluding steroid dienone is 1. The Morgan fingerprint density at radius 2 is 2.11 bits per heavy atom. The van der Waals surface area contributed by atoms with Crippen LogP contribution in [0.2, 0.25) is 0 Å². The van der Waals surface area contributed by atoms with Crippen molar-refractivity contribution >= 4 is 34.0 Å². The second-order valence-electron chi connectivity index (χ2n) is 3.30. The highest BCUT2D eigenvalue weighted by Gasteiger charge is 2.12. The molecule has 0 fully saturated rings.